The molecule has 0 heterocycles. The minimum atomic E-state index is -0.483. The minimum Gasteiger partial charge on any atom is -0.370 e. The van der Waals surface area contributed by atoms with Crippen LogP contribution in [0.25, 0.3) is 0 Å². The zero-order valence-electron chi connectivity index (χ0n) is 10.9. The highest BCUT2D eigenvalue weighted by atomic mass is 16.6. The van der Waals surface area contributed by atoms with Gasteiger partial charge in [-0.3, -0.25) is 10.1 Å². The summed E-state index contributed by atoms with van der Waals surface area (Å²) in [5, 5.41) is 19.8. The summed E-state index contributed by atoms with van der Waals surface area (Å²) in [6.07, 6.45) is 0. The van der Waals surface area contributed by atoms with E-state index in [1.165, 1.54) is 12.1 Å². The highest BCUT2D eigenvalue weighted by Crippen LogP contribution is 2.25. The Morgan fingerprint density at radius 3 is 2.61 bits per heavy atom. The average molecular weight is 247 g/mol. The fraction of sp³-hybridized carbons (Fsp3) is 0.462. The maximum atomic E-state index is 10.7. The van der Waals surface area contributed by atoms with Gasteiger partial charge in [0.1, 0.15) is 6.07 Å². The molecule has 0 atom stereocenters. The van der Waals surface area contributed by atoms with Crippen molar-refractivity contribution in [2.75, 3.05) is 18.0 Å². The number of non-ortho nitro benzene ring substituents is 1. The first-order valence-electron chi connectivity index (χ1n) is 5.93. The zero-order chi connectivity index (χ0) is 13.7. The predicted molar refractivity (Wildman–Crippen MR) is 70.5 cm³/mol. The lowest BCUT2D eigenvalue weighted by molar-refractivity contribution is -0.384. The van der Waals surface area contributed by atoms with Gasteiger partial charge in [-0.05, 0) is 18.9 Å². The van der Waals surface area contributed by atoms with Gasteiger partial charge in [0.05, 0.1) is 16.2 Å². The Morgan fingerprint density at radius 2 is 2.17 bits per heavy atom. The number of anilines is 1. The van der Waals surface area contributed by atoms with Crippen LogP contribution < -0.4 is 4.90 Å². The molecule has 18 heavy (non-hydrogen) atoms. The molecule has 96 valence electrons. The van der Waals surface area contributed by atoms with Crippen molar-refractivity contribution < 1.29 is 4.92 Å². The smallest absolute Gasteiger partial charge is 0.270 e. The Balaban J connectivity index is 3.15. The Kier molecular flexibility index (Phi) is 4.67. The van der Waals surface area contributed by atoms with E-state index in [4.69, 9.17) is 5.26 Å². The summed E-state index contributed by atoms with van der Waals surface area (Å²) >= 11 is 0. The molecule has 0 aromatic heterocycles. The molecule has 0 aliphatic rings. The normalized spacial score (nSPS) is 10.2. The van der Waals surface area contributed by atoms with Gasteiger partial charge >= 0.3 is 0 Å². The average Bonchev–Trinajstić information content (AvgIpc) is 2.34. The fourth-order valence-electron chi connectivity index (χ4n) is 1.84. The predicted octanol–water partition coefficient (Wildman–Crippen LogP) is 2.95. The van der Waals surface area contributed by atoms with E-state index in [9.17, 15) is 10.1 Å². The largest absolute Gasteiger partial charge is 0.370 e. The number of nitro groups is 1. The number of hydrogen-bond acceptors (Lipinski definition) is 4. The molecule has 0 saturated carbocycles. The molecule has 0 radical (unpaired) electrons. The van der Waals surface area contributed by atoms with Crippen molar-refractivity contribution in [3.63, 3.8) is 0 Å². The molecule has 0 bridgehead atoms. The lowest BCUT2D eigenvalue weighted by Crippen LogP contribution is -2.27. The Morgan fingerprint density at radius 1 is 1.50 bits per heavy atom. The van der Waals surface area contributed by atoms with Crippen LogP contribution in [-0.2, 0) is 0 Å². The van der Waals surface area contributed by atoms with Crippen molar-refractivity contribution in [3.05, 3.63) is 33.9 Å². The molecule has 0 unspecified atom stereocenters. The molecule has 1 rings (SSSR count). The first-order chi connectivity index (χ1) is 8.49. The lowest BCUT2D eigenvalue weighted by atomic mass is 10.1. The molecule has 0 amide bonds. The van der Waals surface area contributed by atoms with Gasteiger partial charge < -0.3 is 4.90 Å². The van der Waals surface area contributed by atoms with Crippen LogP contribution in [0.1, 0.15) is 26.3 Å². The van der Waals surface area contributed by atoms with Crippen molar-refractivity contribution in [3.8, 4) is 6.07 Å². The van der Waals surface area contributed by atoms with Gasteiger partial charge in [0.25, 0.3) is 5.69 Å². The highest BCUT2D eigenvalue weighted by Gasteiger charge is 2.15. The maximum Gasteiger partial charge on any atom is 0.270 e. The number of benzene rings is 1. The Hall–Kier alpha value is -2.09. The van der Waals surface area contributed by atoms with E-state index in [-0.39, 0.29) is 5.69 Å². The Bertz CT molecular complexity index is 478. The fourth-order valence-corrected chi connectivity index (χ4v) is 1.84. The molecule has 1 aromatic carbocycles. The van der Waals surface area contributed by atoms with Crippen molar-refractivity contribution >= 4 is 11.4 Å². The summed E-state index contributed by atoms with van der Waals surface area (Å²) in [6, 6.07) is 6.46. The van der Waals surface area contributed by atoms with E-state index in [1.54, 1.807) is 6.07 Å². The summed E-state index contributed by atoms with van der Waals surface area (Å²) in [6.45, 7) is 7.79. The number of nitrogens with zero attached hydrogens (tertiary/aromatic N) is 3. The van der Waals surface area contributed by atoms with Crippen molar-refractivity contribution in [1.29, 1.82) is 5.26 Å². The molecule has 0 aliphatic heterocycles. The summed E-state index contributed by atoms with van der Waals surface area (Å²) < 4.78 is 0. The topological polar surface area (TPSA) is 70.2 Å². The van der Waals surface area contributed by atoms with Gasteiger partial charge in [-0.2, -0.15) is 5.26 Å². The quantitative estimate of drug-likeness (QED) is 0.592. The summed E-state index contributed by atoms with van der Waals surface area (Å²) in [7, 11) is 0. The van der Waals surface area contributed by atoms with Gasteiger partial charge in [0.15, 0.2) is 0 Å². The molecule has 5 nitrogen and oxygen atoms in total. The zero-order valence-corrected chi connectivity index (χ0v) is 10.9. The maximum absolute atomic E-state index is 10.7. The standard InChI is InChI=1S/C13H17N3O2/c1-4-15(9-10(2)3)13-6-5-12(16(17)18)7-11(13)8-14/h5-7,10H,4,9H2,1-3H3. The third-order valence-electron chi connectivity index (χ3n) is 2.62. The van der Waals surface area contributed by atoms with Crippen molar-refractivity contribution in [2.24, 2.45) is 5.92 Å². The SMILES string of the molecule is CCN(CC(C)C)c1ccc([N+](=O)[O-])cc1C#N. The first-order valence-corrected chi connectivity index (χ1v) is 5.93. The van der Waals surface area contributed by atoms with E-state index >= 15 is 0 Å². The van der Waals surface area contributed by atoms with Gasteiger partial charge in [-0.1, -0.05) is 13.8 Å². The van der Waals surface area contributed by atoms with Crippen LogP contribution >= 0.6 is 0 Å². The third kappa shape index (κ3) is 3.20. The molecule has 0 spiro atoms. The highest BCUT2D eigenvalue weighted by molar-refractivity contribution is 5.62. The summed E-state index contributed by atoms with van der Waals surface area (Å²) in [5.74, 6) is 0.465. The van der Waals surface area contributed by atoms with Gasteiger partial charge in [0, 0.05) is 25.2 Å². The summed E-state index contributed by atoms with van der Waals surface area (Å²) in [4.78, 5) is 12.3. The van der Waals surface area contributed by atoms with Crippen LogP contribution in [0, 0.1) is 27.4 Å². The van der Waals surface area contributed by atoms with Crippen LogP contribution in [-0.4, -0.2) is 18.0 Å². The second-order valence-corrected chi connectivity index (χ2v) is 4.50. The molecule has 0 saturated heterocycles. The van der Waals surface area contributed by atoms with E-state index in [1.807, 2.05) is 13.0 Å². The van der Waals surface area contributed by atoms with Crippen LogP contribution in [0.2, 0.25) is 0 Å². The van der Waals surface area contributed by atoms with E-state index in [2.05, 4.69) is 18.7 Å². The van der Waals surface area contributed by atoms with Crippen LogP contribution in [0.3, 0.4) is 0 Å². The molecule has 0 N–H and O–H groups in total. The van der Waals surface area contributed by atoms with Crippen molar-refractivity contribution in [1.82, 2.24) is 0 Å². The second kappa shape index (κ2) is 6.01. The van der Waals surface area contributed by atoms with Gasteiger partial charge in [0.2, 0.25) is 0 Å². The van der Waals surface area contributed by atoms with Crippen LogP contribution in [0.4, 0.5) is 11.4 Å². The summed E-state index contributed by atoms with van der Waals surface area (Å²) in [5.41, 5.74) is 1.07. The molecule has 1 aromatic rings. The molecular formula is C13H17N3O2. The van der Waals surface area contributed by atoms with Gasteiger partial charge in [-0.25, -0.2) is 0 Å². The third-order valence-corrected chi connectivity index (χ3v) is 2.62. The number of hydrogen-bond donors (Lipinski definition) is 0. The molecule has 0 fully saturated rings. The number of nitro benzene ring substituents is 1. The number of rotatable bonds is 5. The van der Waals surface area contributed by atoms with E-state index in [0.29, 0.717) is 11.5 Å². The number of nitriles is 1. The Labute approximate surface area is 107 Å². The monoisotopic (exact) mass is 247 g/mol. The van der Waals surface area contributed by atoms with Crippen molar-refractivity contribution in [2.45, 2.75) is 20.8 Å². The van der Waals surface area contributed by atoms with Crippen LogP contribution in [0.15, 0.2) is 18.2 Å². The molecular weight excluding hydrogens is 230 g/mol. The molecule has 0 aliphatic carbocycles. The molecule has 5 heteroatoms. The minimum absolute atomic E-state index is 0.0455. The first kappa shape index (κ1) is 14.0. The van der Waals surface area contributed by atoms with Gasteiger partial charge in [-0.15, -0.1) is 0 Å². The lowest BCUT2D eigenvalue weighted by Gasteiger charge is -2.25. The second-order valence-electron chi connectivity index (χ2n) is 4.50. The van der Waals surface area contributed by atoms with E-state index in [0.717, 1.165) is 18.8 Å². The van der Waals surface area contributed by atoms with E-state index < -0.39 is 4.92 Å². The van der Waals surface area contributed by atoms with Crippen LogP contribution in [0.5, 0.6) is 0 Å².